The molecule has 0 radical (unpaired) electrons. The average molecular weight is 426 g/mol. The summed E-state index contributed by atoms with van der Waals surface area (Å²) in [6, 6.07) is 17.2. The number of ketones is 1. The van der Waals surface area contributed by atoms with Gasteiger partial charge in [-0.15, -0.1) is 0 Å². The summed E-state index contributed by atoms with van der Waals surface area (Å²) in [6.07, 6.45) is 0. The number of hydrogen-bond acceptors (Lipinski definition) is 7. The van der Waals surface area contributed by atoms with Gasteiger partial charge in [-0.05, 0) is 61.5 Å². The van der Waals surface area contributed by atoms with E-state index in [1.807, 2.05) is 6.92 Å². The SMILES string of the molecule is Cc1ccc(S(=O)(=O)Oc2ccc(C(=O)COC(=O)c3cccc(O)c3)cc2)cc1. The molecule has 0 aliphatic carbocycles. The summed E-state index contributed by atoms with van der Waals surface area (Å²) in [6.45, 7) is 1.34. The Balaban J connectivity index is 1.61. The van der Waals surface area contributed by atoms with Crippen molar-refractivity contribution in [3.63, 3.8) is 0 Å². The molecule has 0 bridgehead atoms. The Kier molecular flexibility index (Phi) is 6.17. The van der Waals surface area contributed by atoms with Crippen LogP contribution in [0.2, 0.25) is 0 Å². The van der Waals surface area contributed by atoms with Gasteiger partial charge in [0.25, 0.3) is 0 Å². The fraction of sp³-hybridized carbons (Fsp3) is 0.0909. The second-order valence-corrected chi connectivity index (χ2v) is 7.97. The zero-order chi connectivity index (χ0) is 21.7. The molecule has 0 unspecified atom stereocenters. The number of rotatable bonds is 7. The molecule has 0 saturated heterocycles. The molecule has 0 atom stereocenters. The molecular weight excluding hydrogens is 408 g/mol. The van der Waals surface area contributed by atoms with Crippen molar-refractivity contribution in [1.29, 1.82) is 0 Å². The minimum atomic E-state index is -3.99. The van der Waals surface area contributed by atoms with Gasteiger partial charge in [0.1, 0.15) is 16.4 Å². The first-order valence-electron chi connectivity index (χ1n) is 8.85. The van der Waals surface area contributed by atoms with Crippen LogP contribution in [-0.4, -0.2) is 31.9 Å². The first-order valence-corrected chi connectivity index (χ1v) is 10.3. The monoisotopic (exact) mass is 426 g/mol. The molecule has 0 spiro atoms. The zero-order valence-electron chi connectivity index (χ0n) is 15.9. The van der Waals surface area contributed by atoms with E-state index in [9.17, 15) is 23.1 Å². The second-order valence-electron chi connectivity index (χ2n) is 6.42. The molecule has 0 saturated carbocycles. The average Bonchev–Trinajstić information content (AvgIpc) is 2.72. The van der Waals surface area contributed by atoms with Crippen molar-refractivity contribution in [1.82, 2.24) is 0 Å². The predicted molar refractivity (Wildman–Crippen MR) is 108 cm³/mol. The molecule has 3 rings (SSSR count). The highest BCUT2D eigenvalue weighted by Crippen LogP contribution is 2.20. The summed E-state index contributed by atoms with van der Waals surface area (Å²) in [5, 5.41) is 9.38. The Morgan fingerprint density at radius 3 is 2.20 bits per heavy atom. The van der Waals surface area contributed by atoms with Crippen molar-refractivity contribution >= 4 is 21.9 Å². The van der Waals surface area contributed by atoms with Crippen LogP contribution in [0.5, 0.6) is 11.5 Å². The van der Waals surface area contributed by atoms with E-state index in [2.05, 4.69) is 0 Å². The number of phenols is 1. The van der Waals surface area contributed by atoms with Crippen molar-refractivity contribution in [3.8, 4) is 11.5 Å². The number of hydrogen-bond donors (Lipinski definition) is 1. The Morgan fingerprint density at radius 2 is 1.57 bits per heavy atom. The smallest absolute Gasteiger partial charge is 0.339 e. The molecule has 30 heavy (non-hydrogen) atoms. The fourth-order valence-electron chi connectivity index (χ4n) is 2.51. The summed E-state index contributed by atoms with van der Waals surface area (Å²) in [4.78, 5) is 24.2. The number of Topliss-reactive ketones (excluding diaryl/α,β-unsaturated/α-hetero) is 1. The first-order chi connectivity index (χ1) is 14.2. The molecule has 0 aliphatic rings. The van der Waals surface area contributed by atoms with Crippen LogP contribution in [0.1, 0.15) is 26.3 Å². The van der Waals surface area contributed by atoms with E-state index in [-0.39, 0.29) is 27.5 Å². The summed E-state index contributed by atoms with van der Waals surface area (Å²) >= 11 is 0. The molecular formula is C22H18O7S. The highest BCUT2D eigenvalue weighted by Gasteiger charge is 2.17. The van der Waals surface area contributed by atoms with Crippen LogP contribution < -0.4 is 4.18 Å². The third kappa shape index (κ3) is 5.24. The van der Waals surface area contributed by atoms with Gasteiger partial charge < -0.3 is 14.0 Å². The first kappa shape index (κ1) is 21.1. The van der Waals surface area contributed by atoms with Gasteiger partial charge in [0.15, 0.2) is 12.4 Å². The van der Waals surface area contributed by atoms with Crippen LogP contribution in [0, 0.1) is 6.92 Å². The highest BCUT2D eigenvalue weighted by atomic mass is 32.2. The van der Waals surface area contributed by atoms with Crippen molar-refractivity contribution in [2.75, 3.05) is 6.61 Å². The number of phenolic OH excluding ortho intramolecular Hbond substituents is 1. The molecule has 3 aromatic carbocycles. The second kappa shape index (κ2) is 8.79. The summed E-state index contributed by atoms with van der Waals surface area (Å²) in [7, 11) is -3.99. The Hall–Kier alpha value is -3.65. The number of carbonyl (C=O) groups excluding carboxylic acids is 2. The van der Waals surface area contributed by atoms with E-state index < -0.39 is 28.5 Å². The third-order valence-corrected chi connectivity index (χ3v) is 5.37. The molecule has 0 aromatic heterocycles. The summed E-state index contributed by atoms with van der Waals surface area (Å²) in [5.74, 6) is -1.27. The zero-order valence-corrected chi connectivity index (χ0v) is 16.8. The lowest BCUT2D eigenvalue weighted by atomic mass is 10.1. The number of aromatic hydroxyl groups is 1. The lowest BCUT2D eigenvalue weighted by Crippen LogP contribution is -2.14. The number of ether oxygens (including phenoxy) is 1. The number of esters is 1. The van der Waals surface area contributed by atoms with E-state index in [4.69, 9.17) is 8.92 Å². The van der Waals surface area contributed by atoms with Gasteiger partial charge in [-0.25, -0.2) is 4.79 Å². The third-order valence-electron chi connectivity index (χ3n) is 4.11. The van der Waals surface area contributed by atoms with Crippen molar-refractivity contribution in [2.24, 2.45) is 0 Å². The van der Waals surface area contributed by atoms with E-state index >= 15 is 0 Å². The summed E-state index contributed by atoms with van der Waals surface area (Å²) < 4.78 is 34.6. The lowest BCUT2D eigenvalue weighted by Gasteiger charge is -2.08. The molecule has 154 valence electrons. The summed E-state index contributed by atoms with van der Waals surface area (Å²) in [5.41, 5.74) is 1.26. The number of aryl methyl sites for hydroxylation is 1. The Morgan fingerprint density at radius 1 is 0.900 bits per heavy atom. The normalized spacial score (nSPS) is 11.0. The maximum Gasteiger partial charge on any atom is 0.339 e. The topological polar surface area (TPSA) is 107 Å². The Labute approximate surface area is 173 Å². The van der Waals surface area contributed by atoms with Gasteiger partial charge in [0.05, 0.1) is 5.56 Å². The van der Waals surface area contributed by atoms with Crippen LogP contribution in [0.25, 0.3) is 0 Å². The standard InChI is InChI=1S/C22H18O7S/c1-15-5-11-20(12-6-15)30(26,27)29-19-9-7-16(8-10-19)21(24)14-28-22(25)17-3-2-4-18(23)13-17/h2-13,23H,14H2,1H3. The van der Waals surface area contributed by atoms with Gasteiger partial charge in [-0.3, -0.25) is 4.79 Å². The largest absolute Gasteiger partial charge is 0.508 e. The van der Waals surface area contributed by atoms with Crippen LogP contribution in [0.3, 0.4) is 0 Å². The fourth-order valence-corrected chi connectivity index (χ4v) is 3.44. The molecule has 0 heterocycles. The minimum absolute atomic E-state index is 0.0205. The predicted octanol–water partition coefficient (Wildman–Crippen LogP) is 3.51. The van der Waals surface area contributed by atoms with Crippen molar-refractivity contribution in [2.45, 2.75) is 11.8 Å². The van der Waals surface area contributed by atoms with E-state index in [0.717, 1.165) is 5.56 Å². The van der Waals surface area contributed by atoms with Gasteiger partial charge in [0, 0.05) is 5.56 Å². The van der Waals surface area contributed by atoms with Crippen LogP contribution in [0.15, 0.2) is 77.7 Å². The molecule has 0 fully saturated rings. The minimum Gasteiger partial charge on any atom is -0.508 e. The number of carbonyl (C=O) groups is 2. The number of benzene rings is 3. The Bertz CT molecular complexity index is 1160. The molecule has 8 heteroatoms. The van der Waals surface area contributed by atoms with E-state index in [1.54, 1.807) is 12.1 Å². The van der Waals surface area contributed by atoms with Crippen molar-refractivity contribution < 1.29 is 32.0 Å². The molecule has 0 aliphatic heterocycles. The van der Waals surface area contributed by atoms with Gasteiger partial charge in [-0.1, -0.05) is 23.8 Å². The van der Waals surface area contributed by atoms with Gasteiger partial charge >= 0.3 is 16.1 Å². The van der Waals surface area contributed by atoms with E-state index in [1.165, 1.54) is 60.7 Å². The molecule has 7 nitrogen and oxygen atoms in total. The lowest BCUT2D eigenvalue weighted by molar-refractivity contribution is 0.0474. The van der Waals surface area contributed by atoms with E-state index in [0.29, 0.717) is 0 Å². The molecule has 3 aromatic rings. The van der Waals surface area contributed by atoms with Crippen LogP contribution >= 0.6 is 0 Å². The van der Waals surface area contributed by atoms with Gasteiger partial charge in [0.2, 0.25) is 0 Å². The highest BCUT2D eigenvalue weighted by molar-refractivity contribution is 7.87. The maximum absolute atomic E-state index is 12.3. The van der Waals surface area contributed by atoms with Crippen molar-refractivity contribution in [3.05, 3.63) is 89.5 Å². The quantitative estimate of drug-likeness (QED) is 0.350. The molecule has 0 amide bonds. The van der Waals surface area contributed by atoms with Crippen LogP contribution in [0.4, 0.5) is 0 Å². The molecule has 1 N–H and O–H groups in total. The van der Waals surface area contributed by atoms with Crippen LogP contribution in [-0.2, 0) is 14.9 Å². The maximum atomic E-state index is 12.3. The van der Waals surface area contributed by atoms with Gasteiger partial charge in [-0.2, -0.15) is 8.42 Å².